The highest BCUT2D eigenvalue weighted by molar-refractivity contribution is 5.94. The number of carbonyl (C=O) groups excluding carboxylic acids is 1. The van der Waals surface area contributed by atoms with Crippen LogP contribution in [0.1, 0.15) is 35.7 Å². The lowest BCUT2D eigenvalue weighted by Gasteiger charge is -2.28. The van der Waals surface area contributed by atoms with Gasteiger partial charge in [0.15, 0.2) is 0 Å². The van der Waals surface area contributed by atoms with Crippen molar-refractivity contribution >= 4 is 5.91 Å². The van der Waals surface area contributed by atoms with Crippen LogP contribution in [-0.2, 0) is 11.3 Å². The molecule has 19 heavy (non-hydrogen) atoms. The van der Waals surface area contributed by atoms with E-state index in [4.69, 9.17) is 10.5 Å². The molecule has 1 aliphatic rings. The first-order valence-electron chi connectivity index (χ1n) is 6.88. The van der Waals surface area contributed by atoms with Gasteiger partial charge in [-0.15, -0.1) is 0 Å². The summed E-state index contributed by atoms with van der Waals surface area (Å²) in [5.41, 5.74) is 7.27. The van der Waals surface area contributed by atoms with Crippen molar-refractivity contribution < 1.29 is 9.53 Å². The highest BCUT2D eigenvalue weighted by Crippen LogP contribution is 2.18. The zero-order valence-electron chi connectivity index (χ0n) is 11.4. The summed E-state index contributed by atoms with van der Waals surface area (Å²) in [6.07, 6.45) is 2.04. The summed E-state index contributed by atoms with van der Waals surface area (Å²) in [5.74, 6) is 0.503. The van der Waals surface area contributed by atoms with Gasteiger partial charge in [-0.2, -0.15) is 0 Å². The van der Waals surface area contributed by atoms with Gasteiger partial charge in [0.1, 0.15) is 0 Å². The van der Waals surface area contributed by atoms with E-state index in [1.54, 1.807) is 0 Å². The third kappa shape index (κ3) is 3.78. The fourth-order valence-corrected chi connectivity index (χ4v) is 2.42. The average molecular weight is 262 g/mol. The Balaban J connectivity index is 1.91. The highest BCUT2D eigenvalue weighted by Gasteiger charge is 2.22. The maximum absolute atomic E-state index is 12.1. The molecule has 4 heteroatoms. The van der Waals surface area contributed by atoms with E-state index < -0.39 is 0 Å². The molecule has 0 aromatic heterocycles. The number of ether oxygens (including phenoxy) is 1. The number of carbonyl (C=O) groups is 1. The van der Waals surface area contributed by atoms with Crippen LogP contribution in [0.4, 0.5) is 0 Å². The van der Waals surface area contributed by atoms with Gasteiger partial charge >= 0.3 is 0 Å². The van der Waals surface area contributed by atoms with E-state index in [0.717, 1.165) is 31.6 Å². The second kappa shape index (κ2) is 6.68. The Labute approximate surface area is 114 Å². The summed E-state index contributed by atoms with van der Waals surface area (Å²) in [4.78, 5) is 12.1. The van der Waals surface area contributed by atoms with Crippen molar-refractivity contribution in [2.24, 2.45) is 11.7 Å². The quantitative estimate of drug-likeness (QED) is 0.868. The molecule has 1 amide bonds. The standard InChI is InChI=1S/C15H22N2O2/c1-11(13-6-8-19-9-7-13)17-15(18)14-4-2-12(10-16)3-5-14/h2-5,11,13H,6-10,16H2,1H3,(H,17,18). The second-order valence-corrected chi connectivity index (χ2v) is 5.11. The SMILES string of the molecule is CC(NC(=O)c1ccc(CN)cc1)C1CCOCC1. The number of rotatable bonds is 4. The van der Waals surface area contributed by atoms with Gasteiger partial charge in [-0.25, -0.2) is 0 Å². The van der Waals surface area contributed by atoms with Gasteiger partial charge in [0, 0.05) is 31.4 Å². The van der Waals surface area contributed by atoms with E-state index in [0.29, 0.717) is 18.0 Å². The van der Waals surface area contributed by atoms with Crippen LogP contribution < -0.4 is 11.1 Å². The minimum Gasteiger partial charge on any atom is -0.381 e. The Morgan fingerprint density at radius 2 is 2.00 bits per heavy atom. The first-order chi connectivity index (χ1) is 9.20. The number of hydrogen-bond acceptors (Lipinski definition) is 3. The van der Waals surface area contributed by atoms with Gasteiger partial charge in [0.25, 0.3) is 5.91 Å². The molecular formula is C15H22N2O2. The van der Waals surface area contributed by atoms with Crippen molar-refractivity contribution in [2.45, 2.75) is 32.4 Å². The topological polar surface area (TPSA) is 64.4 Å². The number of nitrogens with one attached hydrogen (secondary N) is 1. The number of benzene rings is 1. The molecule has 3 N–H and O–H groups in total. The minimum atomic E-state index is -0.0115. The third-order valence-electron chi connectivity index (χ3n) is 3.78. The zero-order chi connectivity index (χ0) is 13.7. The zero-order valence-corrected chi connectivity index (χ0v) is 11.4. The fraction of sp³-hybridized carbons (Fsp3) is 0.533. The van der Waals surface area contributed by atoms with Gasteiger partial charge in [0.05, 0.1) is 0 Å². The van der Waals surface area contributed by atoms with Gasteiger partial charge in [-0.1, -0.05) is 12.1 Å². The van der Waals surface area contributed by atoms with Crippen molar-refractivity contribution in [3.63, 3.8) is 0 Å². The summed E-state index contributed by atoms with van der Waals surface area (Å²) < 4.78 is 5.34. The maximum atomic E-state index is 12.1. The lowest BCUT2D eigenvalue weighted by atomic mass is 9.93. The first-order valence-corrected chi connectivity index (χ1v) is 6.88. The monoisotopic (exact) mass is 262 g/mol. The Kier molecular flexibility index (Phi) is 4.93. The van der Waals surface area contributed by atoms with Crippen molar-refractivity contribution in [1.29, 1.82) is 0 Å². The van der Waals surface area contributed by atoms with Crippen molar-refractivity contribution in [3.8, 4) is 0 Å². The van der Waals surface area contributed by atoms with Crippen LogP contribution in [0.2, 0.25) is 0 Å². The molecule has 0 spiro atoms. The van der Waals surface area contributed by atoms with E-state index in [2.05, 4.69) is 12.2 Å². The minimum absolute atomic E-state index is 0.0115. The van der Waals surface area contributed by atoms with Crippen LogP contribution in [0.3, 0.4) is 0 Å². The largest absolute Gasteiger partial charge is 0.381 e. The number of hydrogen-bond donors (Lipinski definition) is 2. The highest BCUT2D eigenvalue weighted by atomic mass is 16.5. The molecule has 2 rings (SSSR count). The molecule has 0 radical (unpaired) electrons. The predicted octanol–water partition coefficient (Wildman–Crippen LogP) is 1.69. The molecule has 1 aromatic rings. The van der Waals surface area contributed by atoms with Crippen LogP contribution in [0.5, 0.6) is 0 Å². The van der Waals surface area contributed by atoms with Gasteiger partial charge < -0.3 is 15.8 Å². The smallest absolute Gasteiger partial charge is 0.251 e. The molecule has 1 unspecified atom stereocenters. The predicted molar refractivity (Wildman–Crippen MR) is 74.8 cm³/mol. The van der Waals surface area contributed by atoms with Crippen LogP contribution in [0.25, 0.3) is 0 Å². The molecule has 1 aromatic carbocycles. The number of nitrogens with two attached hydrogens (primary N) is 1. The van der Waals surface area contributed by atoms with Crippen LogP contribution >= 0.6 is 0 Å². The van der Waals surface area contributed by atoms with Crippen LogP contribution in [0, 0.1) is 5.92 Å². The average Bonchev–Trinajstić information content (AvgIpc) is 2.48. The molecule has 104 valence electrons. The molecule has 0 bridgehead atoms. The van der Waals surface area contributed by atoms with E-state index in [-0.39, 0.29) is 11.9 Å². The second-order valence-electron chi connectivity index (χ2n) is 5.11. The Hall–Kier alpha value is -1.39. The first kappa shape index (κ1) is 14.0. The van der Waals surface area contributed by atoms with E-state index in [9.17, 15) is 4.79 Å². The molecule has 1 aliphatic heterocycles. The molecule has 4 nitrogen and oxygen atoms in total. The van der Waals surface area contributed by atoms with Crippen molar-refractivity contribution in [2.75, 3.05) is 13.2 Å². The Morgan fingerprint density at radius 1 is 1.37 bits per heavy atom. The van der Waals surface area contributed by atoms with Crippen LogP contribution in [-0.4, -0.2) is 25.2 Å². The lowest BCUT2D eigenvalue weighted by molar-refractivity contribution is 0.0538. The number of amides is 1. The van der Waals surface area contributed by atoms with Gasteiger partial charge in [0.2, 0.25) is 0 Å². The Bertz CT molecular complexity index is 411. The fourth-order valence-electron chi connectivity index (χ4n) is 2.42. The third-order valence-corrected chi connectivity index (χ3v) is 3.78. The summed E-state index contributed by atoms with van der Waals surface area (Å²) in [7, 11) is 0. The van der Waals surface area contributed by atoms with E-state index in [1.807, 2.05) is 24.3 Å². The van der Waals surface area contributed by atoms with Crippen molar-refractivity contribution in [3.05, 3.63) is 35.4 Å². The molecule has 0 saturated carbocycles. The molecule has 1 atom stereocenters. The summed E-state index contributed by atoms with van der Waals surface area (Å²) in [5, 5.41) is 3.08. The molecule has 1 saturated heterocycles. The van der Waals surface area contributed by atoms with Crippen molar-refractivity contribution in [1.82, 2.24) is 5.32 Å². The Morgan fingerprint density at radius 3 is 2.58 bits per heavy atom. The molecule has 1 fully saturated rings. The lowest BCUT2D eigenvalue weighted by Crippen LogP contribution is -2.40. The molecular weight excluding hydrogens is 240 g/mol. The van der Waals surface area contributed by atoms with Crippen LogP contribution in [0.15, 0.2) is 24.3 Å². The summed E-state index contributed by atoms with van der Waals surface area (Å²) in [6, 6.07) is 7.63. The van der Waals surface area contributed by atoms with E-state index in [1.165, 1.54) is 0 Å². The summed E-state index contributed by atoms with van der Waals surface area (Å²) >= 11 is 0. The normalized spacial score (nSPS) is 18.0. The van der Waals surface area contributed by atoms with Gasteiger partial charge in [-0.3, -0.25) is 4.79 Å². The molecule has 0 aliphatic carbocycles. The molecule has 1 heterocycles. The maximum Gasteiger partial charge on any atom is 0.251 e. The van der Waals surface area contributed by atoms with E-state index >= 15 is 0 Å². The van der Waals surface area contributed by atoms with Gasteiger partial charge in [-0.05, 0) is 43.4 Å². The summed E-state index contributed by atoms with van der Waals surface area (Å²) in [6.45, 7) is 4.18.